The predicted octanol–water partition coefficient (Wildman–Crippen LogP) is 2.83. The van der Waals surface area contributed by atoms with Crippen molar-refractivity contribution in [2.75, 3.05) is 44.2 Å². The van der Waals surface area contributed by atoms with Crippen LogP contribution in [0.2, 0.25) is 5.02 Å². The normalized spacial score (nSPS) is 19.2. The van der Waals surface area contributed by atoms with E-state index in [1.54, 1.807) is 0 Å². The first-order valence-electron chi connectivity index (χ1n) is 9.22. The first kappa shape index (κ1) is 19.7. The Labute approximate surface area is 165 Å². The van der Waals surface area contributed by atoms with Crippen molar-refractivity contribution < 1.29 is 14.6 Å². The fraction of sp³-hybridized carbons (Fsp3) is 0.429. The van der Waals surface area contributed by atoms with E-state index < -0.39 is 6.10 Å². The number of rotatable bonds is 6. The maximum absolute atomic E-state index is 10.9. The fourth-order valence-corrected chi connectivity index (χ4v) is 3.49. The summed E-state index contributed by atoms with van der Waals surface area (Å²) in [6, 6.07) is 7.89. The van der Waals surface area contributed by atoms with Crippen LogP contribution in [0.5, 0.6) is 0 Å². The van der Waals surface area contributed by atoms with Gasteiger partial charge in [-0.2, -0.15) is 0 Å². The van der Waals surface area contributed by atoms with Gasteiger partial charge in [-0.25, -0.2) is 4.79 Å². The number of β-amino-alcohol motifs (C(OH)–C–C–N with tert-alkyl or cyclic N) is 1. The number of hydrogen-bond donors (Lipinski definition) is 1. The topological polar surface area (TPSA) is 53.0 Å². The molecule has 6 heteroatoms. The van der Waals surface area contributed by atoms with Gasteiger partial charge in [0.25, 0.3) is 0 Å². The van der Waals surface area contributed by atoms with Crippen LogP contribution in [-0.4, -0.2) is 61.4 Å². The summed E-state index contributed by atoms with van der Waals surface area (Å²) < 4.78 is 5.73. The van der Waals surface area contributed by atoms with Gasteiger partial charge in [0, 0.05) is 61.0 Å². The molecule has 1 aromatic carbocycles. The Bertz CT molecular complexity index is 758. The van der Waals surface area contributed by atoms with Crippen molar-refractivity contribution in [2.45, 2.75) is 19.4 Å². The quantitative estimate of drug-likeness (QED) is 0.759. The monoisotopic (exact) mass is 388 g/mol. The minimum atomic E-state index is -0.577. The number of nitrogens with zero attached hydrogens (tertiary/aromatic N) is 2. The number of aliphatic hydroxyl groups excluding tert-OH is 1. The molecule has 0 bridgehead atoms. The molecule has 1 aromatic rings. The van der Waals surface area contributed by atoms with E-state index in [4.69, 9.17) is 16.3 Å². The minimum Gasteiger partial charge on any atom is -0.491 e. The van der Waals surface area contributed by atoms with Gasteiger partial charge >= 0.3 is 0 Å². The number of benzene rings is 1. The summed E-state index contributed by atoms with van der Waals surface area (Å²) in [5.41, 5.74) is 2.59. The van der Waals surface area contributed by atoms with Crippen molar-refractivity contribution >= 4 is 23.2 Å². The second-order valence-corrected chi connectivity index (χ2v) is 7.34. The van der Waals surface area contributed by atoms with Crippen LogP contribution in [0.1, 0.15) is 13.3 Å². The largest absolute Gasteiger partial charge is 0.491 e. The minimum absolute atomic E-state index is 0.209. The van der Waals surface area contributed by atoms with E-state index in [0.29, 0.717) is 24.3 Å². The van der Waals surface area contributed by atoms with Crippen molar-refractivity contribution in [1.29, 1.82) is 0 Å². The van der Waals surface area contributed by atoms with Crippen molar-refractivity contribution in [3.63, 3.8) is 0 Å². The van der Waals surface area contributed by atoms with E-state index in [-0.39, 0.29) is 6.61 Å². The maximum Gasteiger partial charge on any atom is 0.128 e. The smallest absolute Gasteiger partial charge is 0.128 e. The Morgan fingerprint density at radius 1 is 1.22 bits per heavy atom. The predicted molar refractivity (Wildman–Crippen MR) is 108 cm³/mol. The zero-order valence-corrected chi connectivity index (χ0v) is 16.3. The van der Waals surface area contributed by atoms with Crippen LogP contribution >= 0.6 is 11.6 Å². The van der Waals surface area contributed by atoms with E-state index in [2.05, 4.69) is 9.80 Å². The van der Waals surface area contributed by atoms with Gasteiger partial charge in [0.2, 0.25) is 0 Å². The van der Waals surface area contributed by atoms with Crippen LogP contribution < -0.4 is 4.90 Å². The molecule has 5 nitrogen and oxygen atoms in total. The molecule has 0 amide bonds. The Hall–Kier alpha value is -2.04. The number of anilines is 1. The van der Waals surface area contributed by atoms with Gasteiger partial charge in [0.1, 0.15) is 24.4 Å². The van der Waals surface area contributed by atoms with Gasteiger partial charge in [-0.3, -0.25) is 4.90 Å². The van der Waals surface area contributed by atoms with Crippen LogP contribution in [0.15, 0.2) is 53.3 Å². The molecule has 2 aliphatic rings. The number of piperazine rings is 1. The average Bonchev–Trinajstić information content (AvgIpc) is 2.68. The van der Waals surface area contributed by atoms with E-state index in [1.165, 1.54) is 5.69 Å². The van der Waals surface area contributed by atoms with Crippen molar-refractivity contribution in [3.05, 3.63) is 58.3 Å². The third kappa shape index (κ3) is 5.24. The lowest BCUT2D eigenvalue weighted by molar-refractivity contribution is 0.0437. The summed E-state index contributed by atoms with van der Waals surface area (Å²) in [7, 11) is 0. The lowest BCUT2D eigenvalue weighted by atomic mass is 10.00. The highest BCUT2D eigenvalue weighted by Gasteiger charge is 2.20. The molecule has 1 heterocycles. The first-order valence-corrected chi connectivity index (χ1v) is 9.60. The fourth-order valence-electron chi connectivity index (χ4n) is 3.36. The van der Waals surface area contributed by atoms with Gasteiger partial charge in [-0.1, -0.05) is 17.7 Å². The second-order valence-electron chi connectivity index (χ2n) is 6.91. The van der Waals surface area contributed by atoms with Crippen molar-refractivity contribution in [1.82, 2.24) is 4.90 Å². The third-order valence-electron chi connectivity index (χ3n) is 5.00. The molecule has 27 heavy (non-hydrogen) atoms. The molecule has 0 spiro atoms. The summed E-state index contributed by atoms with van der Waals surface area (Å²) in [5.74, 6) is 2.60. The lowest BCUT2D eigenvalue weighted by Gasteiger charge is -2.37. The van der Waals surface area contributed by atoms with E-state index in [1.807, 2.05) is 49.3 Å². The summed E-state index contributed by atoms with van der Waals surface area (Å²) in [6.07, 6.45) is 3.74. The Morgan fingerprint density at radius 2 is 1.93 bits per heavy atom. The number of ether oxygens (including phenoxy) is 1. The summed E-state index contributed by atoms with van der Waals surface area (Å²) in [6.45, 7) is 6.23. The molecule has 1 atom stereocenters. The molecule has 3 rings (SSSR count). The van der Waals surface area contributed by atoms with Crippen LogP contribution in [0.3, 0.4) is 0 Å². The highest BCUT2D eigenvalue weighted by Crippen LogP contribution is 2.23. The Morgan fingerprint density at radius 3 is 2.59 bits per heavy atom. The van der Waals surface area contributed by atoms with Crippen LogP contribution in [0, 0.1) is 0 Å². The molecule has 144 valence electrons. The van der Waals surface area contributed by atoms with Gasteiger partial charge in [-0.05, 0) is 37.3 Å². The molecular weight excluding hydrogens is 364 g/mol. The molecule has 1 fully saturated rings. The van der Waals surface area contributed by atoms with Crippen LogP contribution in [-0.2, 0) is 9.53 Å². The average molecular weight is 389 g/mol. The number of hydrogen-bond acceptors (Lipinski definition) is 5. The Kier molecular flexibility index (Phi) is 6.75. The van der Waals surface area contributed by atoms with E-state index in [9.17, 15) is 9.90 Å². The molecule has 1 saturated heterocycles. The molecule has 0 saturated carbocycles. The SMILES string of the molecule is CC1=C(OCC(O)CN2CCN(c3ccc(Cl)cc3)CC2)C=CCC1=C=O. The van der Waals surface area contributed by atoms with Gasteiger partial charge in [0.05, 0.1) is 0 Å². The number of aliphatic hydroxyl groups is 1. The summed E-state index contributed by atoms with van der Waals surface area (Å²) in [5, 5.41) is 11.1. The number of carbonyl (C=O) groups excluding carboxylic acids is 1. The van der Waals surface area contributed by atoms with Crippen LogP contribution in [0.4, 0.5) is 5.69 Å². The second kappa shape index (κ2) is 9.25. The number of allylic oxidation sites excluding steroid dienone is 4. The van der Waals surface area contributed by atoms with Crippen LogP contribution in [0.25, 0.3) is 0 Å². The highest BCUT2D eigenvalue weighted by atomic mass is 35.5. The molecule has 0 radical (unpaired) electrons. The molecule has 1 N–H and O–H groups in total. The maximum atomic E-state index is 10.9. The lowest BCUT2D eigenvalue weighted by Crippen LogP contribution is -2.49. The number of halogens is 1. The zero-order valence-electron chi connectivity index (χ0n) is 15.5. The molecule has 1 aliphatic carbocycles. The van der Waals surface area contributed by atoms with E-state index in [0.717, 1.165) is 36.8 Å². The molecule has 0 aromatic heterocycles. The summed E-state index contributed by atoms with van der Waals surface area (Å²) >= 11 is 5.95. The molecular formula is C21H25ClN2O3. The highest BCUT2D eigenvalue weighted by molar-refractivity contribution is 6.30. The zero-order chi connectivity index (χ0) is 19.2. The third-order valence-corrected chi connectivity index (χ3v) is 5.25. The van der Waals surface area contributed by atoms with Crippen molar-refractivity contribution in [3.8, 4) is 0 Å². The van der Waals surface area contributed by atoms with E-state index >= 15 is 0 Å². The molecule has 1 unspecified atom stereocenters. The van der Waals surface area contributed by atoms with Gasteiger partial charge < -0.3 is 14.7 Å². The first-order chi connectivity index (χ1) is 13.1. The van der Waals surface area contributed by atoms with Crippen molar-refractivity contribution in [2.24, 2.45) is 0 Å². The van der Waals surface area contributed by atoms with Gasteiger partial charge in [0.15, 0.2) is 0 Å². The molecule has 1 aliphatic heterocycles. The summed E-state index contributed by atoms with van der Waals surface area (Å²) in [4.78, 5) is 15.5. The Balaban J connectivity index is 1.44. The standard InChI is InChI=1S/C21H25ClN2O3/c1-16-17(14-25)3-2-4-21(16)27-15-20(26)13-23-9-11-24(12-10-23)19-7-5-18(22)6-8-19/h2,4-8,20,26H,3,9-13,15H2,1H3. The van der Waals surface area contributed by atoms with Gasteiger partial charge in [-0.15, -0.1) is 0 Å².